The fraction of sp³-hybridized carbons (Fsp3) is 0.143. The maximum atomic E-state index is 2.94. The molecule has 10 rings (SSSR count). The molecule has 0 nitrogen and oxygen atoms in total. The molecule has 283 valence electrons. The zero-order chi connectivity index (χ0) is 39.5. The van der Waals surface area contributed by atoms with Gasteiger partial charge in [0.2, 0.25) is 0 Å². The molecule has 2 aliphatic carbocycles. The van der Waals surface area contributed by atoms with Gasteiger partial charge in [0, 0.05) is 0 Å². The van der Waals surface area contributed by atoms with E-state index in [9.17, 15) is 0 Å². The molecule has 0 saturated heterocycles. The van der Waals surface area contributed by atoms with Gasteiger partial charge in [0.15, 0.2) is 0 Å². The molecule has 2 aliphatic rings. The molecule has 0 N–H and O–H groups in total. The number of benzene rings is 8. The third-order valence-electron chi connectivity index (χ3n) is 14.3. The first-order valence-corrected chi connectivity index (χ1v) is 35.1. The van der Waals surface area contributed by atoms with Crippen LogP contribution in [0.4, 0.5) is 0 Å². The Bertz CT molecular complexity index is 2710. The molecule has 0 saturated carbocycles. The van der Waals surface area contributed by atoms with Crippen molar-refractivity contribution < 1.29 is 17.9 Å². The van der Waals surface area contributed by atoms with Crippen LogP contribution in [0.15, 0.2) is 193 Å². The van der Waals surface area contributed by atoms with Crippen LogP contribution in [0.3, 0.4) is 0 Å². The molecule has 8 aromatic carbocycles. The van der Waals surface area contributed by atoms with Gasteiger partial charge in [0.1, 0.15) is 0 Å². The van der Waals surface area contributed by atoms with Gasteiger partial charge in [0.25, 0.3) is 0 Å². The van der Waals surface area contributed by atoms with Gasteiger partial charge in [-0.05, 0) is 0 Å². The predicted molar refractivity (Wildman–Crippen MR) is 252 cm³/mol. The summed E-state index contributed by atoms with van der Waals surface area (Å²) in [6, 6.07) is 69.8. The SMILES string of the molecule is CCC1=Cc2c(-c3cccc4ccccc34)cccc2[CH]1[Zr]([CH3])([CH3])([CH]1C(CC)=Cc2c(-c3cccc4ccccc34)cccc21)[SiH](c1ccccc1)c1ccccc1. The minimum atomic E-state index is -4.49. The van der Waals surface area contributed by atoms with E-state index in [4.69, 9.17) is 0 Å². The van der Waals surface area contributed by atoms with E-state index in [1.54, 1.807) is 32.6 Å². The van der Waals surface area contributed by atoms with Crippen molar-refractivity contribution in [2.45, 2.75) is 43.2 Å². The number of fused-ring (bicyclic) bond motifs is 4. The summed E-state index contributed by atoms with van der Waals surface area (Å²) in [6.45, 7) is 4.86. The van der Waals surface area contributed by atoms with Gasteiger partial charge in [-0.1, -0.05) is 0 Å². The maximum absolute atomic E-state index is 4.49. The monoisotopic (exact) mass is 841 g/mol. The average Bonchev–Trinajstić information content (AvgIpc) is 3.87. The first kappa shape index (κ1) is 37.2. The summed E-state index contributed by atoms with van der Waals surface area (Å²) < 4.78 is 6.67. The van der Waals surface area contributed by atoms with E-state index in [2.05, 4.69) is 217 Å². The van der Waals surface area contributed by atoms with Crippen LogP contribution in [-0.2, 0) is 17.9 Å². The molecule has 2 atom stereocenters. The van der Waals surface area contributed by atoms with Crippen LogP contribution in [0.2, 0.25) is 9.26 Å². The number of allylic oxidation sites excluding steroid dienone is 2. The molecule has 0 spiro atoms. The van der Waals surface area contributed by atoms with Gasteiger partial charge < -0.3 is 0 Å². The Labute approximate surface area is 346 Å². The zero-order valence-electron chi connectivity index (χ0n) is 34.1. The second-order valence-corrected chi connectivity index (χ2v) is 51.2. The second-order valence-electron chi connectivity index (χ2n) is 17.7. The Hall–Kier alpha value is -5.14. The van der Waals surface area contributed by atoms with Gasteiger partial charge in [0.05, 0.1) is 0 Å². The first-order valence-electron chi connectivity index (χ1n) is 21.3. The van der Waals surface area contributed by atoms with E-state index in [0.717, 1.165) is 12.8 Å². The molecule has 2 unspecified atom stereocenters. The molecule has 58 heavy (non-hydrogen) atoms. The van der Waals surface area contributed by atoms with Crippen molar-refractivity contribution in [1.82, 2.24) is 0 Å². The molecule has 0 radical (unpaired) electrons. The van der Waals surface area contributed by atoms with Crippen molar-refractivity contribution in [2.75, 3.05) is 0 Å². The molecule has 0 aliphatic heterocycles. The molecule has 0 amide bonds. The summed E-state index contributed by atoms with van der Waals surface area (Å²) in [4.78, 5) is 0. The van der Waals surface area contributed by atoms with Crippen molar-refractivity contribution in [3.8, 4) is 22.3 Å². The summed E-state index contributed by atoms with van der Waals surface area (Å²) in [5.74, 6) is -1.96. The van der Waals surface area contributed by atoms with Gasteiger partial charge in [-0.25, -0.2) is 0 Å². The predicted octanol–water partition coefficient (Wildman–Crippen LogP) is 14.0. The molecule has 0 bridgehead atoms. The van der Waals surface area contributed by atoms with E-state index >= 15 is 0 Å². The van der Waals surface area contributed by atoms with Gasteiger partial charge >= 0.3 is 349 Å². The Balaban J connectivity index is 1.29. The van der Waals surface area contributed by atoms with Crippen LogP contribution in [0.1, 0.15) is 56.2 Å². The van der Waals surface area contributed by atoms with Crippen LogP contribution >= 0.6 is 0 Å². The summed E-state index contributed by atoms with van der Waals surface area (Å²) in [5.41, 5.74) is 14.7. The van der Waals surface area contributed by atoms with E-state index in [-0.39, 0.29) is 0 Å². The van der Waals surface area contributed by atoms with Crippen LogP contribution in [0.5, 0.6) is 0 Å². The van der Waals surface area contributed by atoms with E-state index < -0.39 is 23.9 Å². The second kappa shape index (κ2) is 14.6. The number of hydrogen-bond acceptors (Lipinski definition) is 0. The fourth-order valence-electron chi connectivity index (χ4n) is 12.1. The summed E-state index contributed by atoms with van der Waals surface area (Å²) >= 11 is -4.49. The molecule has 2 heteroatoms. The quantitative estimate of drug-likeness (QED) is 0.127. The van der Waals surface area contributed by atoms with Crippen LogP contribution in [-0.4, -0.2) is 5.92 Å². The Kier molecular flexibility index (Phi) is 9.35. The Morgan fingerprint density at radius 2 is 0.759 bits per heavy atom. The topological polar surface area (TPSA) is 0 Å². The first-order chi connectivity index (χ1) is 28.4. The molecule has 8 aromatic rings. The van der Waals surface area contributed by atoms with Gasteiger partial charge in [-0.15, -0.1) is 0 Å². The summed E-state index contributed by atoms with van der Waals surface area (Å²) in [5, 5.41) is 8.43. The van der Waals surface area contributed by atoms with E-state index in [0.29, 0.717) is 7.25 Å². The molecule has 0 heterocycles. The summed E-state index contributed by atoms with van der Waals surface area (Å²) in [6.07, 6.45) is 7.42. The van der Waals surface area contributed by atoms with E-state index in [1.165, 1.54) is 54.9 Å². The third kappa shape index (κ3) is 5.71. The minimum absolute atomic E-state index is 0.389. The molecule has 0 fully saturated rings. The molecular weight excluding hydrogens is 792 g/mol. The number of hydrogen-bond donors (Lipinski definition) is 0. The Morgan fingerprint density at radius 3 is 1.19 bits per heavy atom. The van der Waals surface area contributed by atoms with Gasteiger partial charge in [-0.3, -0.25) is 0 Å². The fourth-order valence-corrected chi connectivity index (χ4v) is 58.5. The number of rotatable bonds is 9. The van der Waals surface area contributed by atoms with Crippen molar-refractivity contribution in [2.24, 2.45) is 0 Å². The standard InChI is InChI=1S/2C21H17.C12H11Si.2CH3.Zr/c2*1-2-15-13-17-9-6-12-20(21(17)14-15)19-11-5-8-16-7-3-4-10-18(16)19;1-3-7-11(8-4-1)13-12-9-5-2-6-10-12;;;/h2*3-14H,2H2,1H3;1-10,13H;2*1H3;. The Morgan fingerprint density at radius 1 is 0.397 bits per heavy atom. The van der Waals surface area contributed by atoms with Crippen molar-refractivity contribution in [1.29, 1.82) is 0 Å². The van der Waals surface area contributed by atoms with Crippen LogP contribution in [0, 0.1) is 0 Å². The van der Waals surface area contributed by atoms with Crippen molar-refractivity contribution >= 4 is 50.0 Å². The zero-order valence-corrected chi connectivity index (χ0v) is 37.7. The van der Waals surface area contributed by atoms with Crippen LogP contribution < -0.4 is 10.4 Å². The normalized spacial score (nSPS) is 16.8. The van der Waals surface area contributed by atoms with Crippen molar-refractivity contribution in [3.63, 3.8) is 0 Å². The van der Waals surface area contributed by atoms with Crippen LogP contribution in [0.25, 0.3) is 56.0 Å². The summed E-state index contributed by atoms with van der Waals surface area (Å²) in [7, 11) is 0. The van der Waals surface area contributed by atoms with Crippen molar-refractivity contribution in [3.05, 3.63) is 215 Å². The third-order valence-corrected chi connectivity index (χ3v) is 52.8. The average molecular weight is 843 g/mol. The molecular formula is C56H51SiZr. The molecule has 0 aromatic heterocycles. The van der Waals surface area contributed by atoms with Gasteiger partial charge in [-0.2, -0.15) is 0 Å². The van der Waals surface area contributed by atoms with E-state index in [1.807, 2.05) is 0 Å².